The monoisotopic (exact) mass is 359 g/mol. The predicted molar refractivity (Wildman–Crippen MR) is 99.5 cm³/mol. The molecule has 142 valence electrons. The molecule has 0 spiro atoms. The lowest BCUT2D eigenvalue weighted by Crippen LogP contribution is -2.46. The molecule has 0 radical (unpaired) electrons. The minimum atomic E-state index is -0.0974. The number of hydrogen-bond acceptors (Lipinski definition) is 4. The van der Waals surface area contributed by atoms with E-state index in [9.17, 15) is 9.59 Å². The van der Waals surface area contributed by atoms with Crippen molar-refractivity contribution in [3.63, 3.8) is 0 Å². The van der Waals surface area contributed by atoms with Crippen LogP contribution in [-0.2, 0) is 20.9 Å². The number of carbonyl (C=O) groups excluding carboxylic acids is 2. The van der Waals surface area contributed by atoms with Gasteiger partial charge in [0, 0.05) is 45.7 Å². The Bertz CT molecular complexity index is 587. The number of carbonyl (C=O) groups is 2. The minimum absolute atomic E-state index is 0.0551. The summed E-state index contributed by atoms with van der Waals surface area (Å²) in [6.45, 7) is 6.34. The summed E-state index contributed by atoms with van der Waals surface area (Å²) in [6, 6.07) is 9.91. The summed E-state index contributed by atoms with van der Waals surface area (Å²) in [6.07, 6.45) is 2.07. The van der Waals surface area contributed by atoms with E-state index in [4.69, 9.17) is 4.74 Å². The molecule has 2 amide bonds. The molecule has 6 nitrogen and oxygen atoms in total. The standard InChI is InChI=1S/C20H29N3O3/c24-19-8-7-18(20(25)21-15-17-5-2-1-3-6-17)16-23(19)10-4-9-22-11-13-26-14-12-22/h1-3,5-6,18H,4,7-16H2,(H,21,25)/t18-/m0/s1. The number of morpholine rings is 1. The van der Waals surface area contributed by atoms with E-state index in [1.54, 1.807) is 0 Å². The van der Waals surface area contributed by atoms with Crippen molar-refractivity contribution >= 4 is 11.8 Å². The van der Waals surface area contributed by atoms with Crippen LogP contribution in [0.3, 0.4) is 0 Å². The van der Waals surface area contributed by atoms with E-state index in [0.717, 1.165) is 51.4 Å². The molecule has 1 aromatic rings. The molecule has 0 aromatic heterocycles. The van der Waals surface area contributed by atoms with Crippen molar-refractivity contribution < 1.29 is 14.3 Å². The third-order valence-electron chi connectivity index (χ3n) is 5.19. The van der Waals surface area contributed by atoms with Crippen LogP contribution in [0.2, 0.25) is 0 Å². The van der Waals surface area contributed by atoms with E-state index in [1.807, 2.05) is 35.2 Å². The highest BCUT2D eigenvalue weighted by Gasteiger charge is 2.29. The van der Waals surface area contributed by atoms with Crippen molar-refractivity contribution in [3.05, 3.63) is 35.9 Å². The van der Waals surface area contributed by atoms with Gasteiger partial charge in [-0.25, -0.2) is 0 Å². The van der Waals surface area contributed by atoms with Crippen molar-refractivity contribution in [2.75, 3.05) is 45.9 Å². The number of piperidine rings is 1. The molecular formula is C20H29N3O3. The van der Waals surface area contributed by atoms with Crippen molar-refractivity contribution in [3.8, 4) is 0 Å². The topological polar surface area (TPSA) is 61.9 Å². The molecule has 6 heteroatoms. The molecule has 1 aromatic carbocycles. The molecule has 1 atom stereocenters. The molecule has 0 aliphatic carbocycles. The first-order chi connectivity index (χ1) is 12.7. The lowest BCUT2D eigenvalue weighted by atomic mass is 9.96. The second-order valence-electron chi connectivity index (χ2n) is 7.09. The Kier molecular flexibility index (Phi) is 7.03. The molecule has 26 heavy (non-hydrogen) atoms. The third-order valence-corrected chi connectivity index (χ3v) is 5.19. The van der Waals surface area contributed by atoms with Crippen molar-refractivity contribution in [1.82, 2.24) is 15.1 Å². The number of ether oxygens (including phenoxy) is 1. The van der Waals surface area contributed by atoms with Crippen molar-refractivity contribution in [2.45, 2.75) is 25.8 Å². The van der Waals surface area contributed by atoms with Gasteiger partial charge < -0.3 is 15.0 Å². The van der Waals surface area contributed by atoms with Gasteiger partial charge in [-0.05, 0) is 18.4 Å². The summed E-state index contributed by atoms with van der Waals surface area (Å²) in [5.74, 6) is 0.137. The fourth-order valence-corrected chi connectivity index (χ4v) is 3.58. The smallest absolute Gasteiger partial charge is 0.225 e. The maximum absolute atomic E-state index is 12.5. The SMILES string of the molecule is O=C(NCc1ccccc1)[C@H]1CCC(=O)N(CCCN2CCOCC2)C1. The maximum atomic E-state index is 12.5. The second-order valence-corrected chi connectivity index (χ2v) is 7.09. The van der Waals surface area contributed by atoms with Gasteiger partial charge in [0.05, 0.1) is 19.1 Å². The normalized spacial score (nSPS) is 21.6. The van der Waals surface area contributed by atoms with Gasteiger partial charge in [-0.2, -0.15) is 0 Å². The van der Waals surface area contributed by atoms with Crippen LogP contribution in [0.4, 0.5) is 0 Å². The third kappa shape index (κ3) is 5.54. The number of nitrogens with zero attached hydrogens (tertiary/aromatic N) is 2. The highest BCUT2D eigenvalue weighted by molar-refractivity contribution is 5.83. The summed E-state index contributed by atoms with van der Waals surface area (Å²) >= 11 is 0. The Morgan fingerprint density at radius 2 is 1.92 bits per heavy atom. The molecule has 2 aliphatic rings. The van der Waals surface area contributed by atoms with E-state index in [0.29, 0.717) is 25.9 Å². The zero-order valence-corrected chi connectivity index (χ0v) is 15.4. The lowest BCUT2D eigenvalue weighted by molar-refractivity contribution is -0.138. The molecular weight excluding hydrogens is 330 g/mol. The first kappa shape index (κ1) is 18.9. The van der Waals surface area contributed by atoms with Crippen LogP contribution in [0, 0.1) is 5.92 Å². The van der Waals surface area contributed by atoms with Crippen LogP contribution < -0.4 is 5.32 Å². The highest BCUT2D eigenvalue weighted by atomic mass is 16.5. The fourth-order valence-electron chi connectivity index (χ4n) is 3.58. The summed E-state index contributed by atoms with van der Waals surface area (Å²) in [4.78, 5) is 28.9. The molecule has 0 unspecified atom stereocenters. The first-order valence-electron chi connectivity index (χ1n) is 9.62. The van der Waals surface area contributed by atoms with Crippen molar-refractivity contribution in [2.24, 2.45) is 5.92 Å². The Hall–Kier alpha value is -1.92. The van der Waals surface area contributed by atoms with E-state index in [1.165, 1.54) is 0 Å². The van der Waals surface area contributed by atoms with Crippen LogP contribution in [0.25, 0.3) is 0 Å². The van der Waals surface area contributed by atoms with Gasteiger partial charge in [0.15, 0.2) is 0 Å². The average Bonchev–Trinajstić information content (AvgIpc) is 2.69. The summed E-state index contributed by atoms with van der Waals surface area (Å²) < 4.78 is 5.36. The Balaban J connectivity index is 1.41. The van der Waals surface area contributed by atoms with Crippen LogP contribution in [0.15, 0.2) is 30.3 Å². The van der Waals surface area contributed by atoms with Crippen LogP contribution in [-0.4, -0.2) is 67.6 Å². The van der Waals surface area contributed by atoms with Gasteiger partial charge in [0.25, 0.3) is 0 Å². The molecule has 1 N–H and O–H groups in total. The first-order valence-corrected chi connectivity index (χ1v) is 9.62. The molecule has 2 saturated heterocycles. The lowest BCUT2D eigenvalue weighted by Gasteiger charge is -2.33. The van der Waals surface area contributed by atoms with E-state index < -0.39 is 0 Å². The molecule has 0 bridgehead atoms. The zero-order valence-electron chi connectivity index (χ0n) is 15.4. The highest BCUT2D eigenvalue weighted by Crippen LogP contribution is 2.18. The average molecular weight is 359 g/mol. The van der Waals surface area contributed by atoms with Gasteiger partial charge >= 0.3 is 0 Å². The molecule has 3 rings (SSSR count). The van der Waals surface area contributed by atoms with Gasteiger partial charge in [-0.15, -0.1) is 0 Å². The molecule has 0 saturated carbocycles. The number of rotatable bonds is 7. The molecule has 2 fully saturated rings. The minimum Gasteiger partial charge on any atom is -0.379 e. The van der Waals surface area contributed by atoms with Crippen molar-refractivity contribution in [1.29, 1.82) is 0 Å². The maximum Gasteiger partial charge on any atom is 0.225 e. The summed E-state index contributed by atoms with van der Waals surface area (Å²) in [7, 11) is 0. The van der Waals surface area contributed by atoms with E-state index in [2.05, 4.69) is 10.2 Å². The van der Waals surface area contributed by atoms with Gasteiger partial charge in [-0.3, -0.25) is 14.5 Å². The van der Waals surface area contributed by atoms with E-state index in [-0.39, 0.29) is 17.7 Å². The van der Waals surface area contributed by atoms with Crippen LogP contribution in [0.1, 0.15) is 24.8 Å². The zero-order chi connectivity index (χ0) is 18.2. The Morgan fingerprint density at radius 1 is 1.15 bits per heavy atom. The predicted octanol–water partition coefficient (Wildman–Crippen LogP) is 1.26. The Morgan fingerprint density at radius 3 is 2.69 bits per heavy atom. The quantitative estimate of drug-likeness (QED) is 0.796. The number of benzene rings is 1. The van der Waals surface area contributed by atoms with Crippen LogP contribution >= 0.6 is 0 Å². The second kappa shape index (κ2) is 9.69. The molecule has 2 heterocycles. The Labute approximate surface area is 155 Å². The largest absolute Gasteiger partial charge is 0.379 e. The number of likely N-dealkylation sites (tertiary alicyclic amines) is 1. The fraction of sp³-hybridized carbons (Fsp3) is 0.600. The summed E-state index contributed by atoms with van der Waals surface area (Å²) in [5.41, 5.74) is 1.09. The number of hydrogen-bond donors (Lipinski definition) is 1. The van der Waals surface area contributed by atoms with Crippen LogP contribution in [0.5, 0.6) is 0 Å². The van der Waals surface area contributed by atoms with Gasteiger partial charge in [-0.1, -0.05) is 30.3 Å². The number of nitrogens with one attached hydrogen (secondary N) is 1. The number of amides is 2. The summed E-state index contributed by atoms with van der Waals surface area (Å²) in [5, 5.41) is 3.01. The molecule has 2 aliphatic heterocycles. The van der Waals surface area contributed by atoms with E-state index >= 15 is 0 Å². The van der Waals surface area contributed by atoms with Gasteiger partial charge in [0.1, 0.15) is 0 Å². The van der Waals surface area contributed by atoms with Gasteiger partial charge in [0.2, 0.25) is 11.8 Å².